The molecule has 6 nitrogen and oxygen atoms in total. The number of tetrazole rings is 1. The van der Waals surface area contributed by atoms with Crippen LogP contribution in [-0.2, 0) is 0 Å². The summed E-state index contributed by atoms with van der Waals surface area (Å²) in [4.78, 5) is 4.37. The van der Waals surface area contributed by atoms with Gasteiger partial charge >= 0.3 is 0 Å². The molecular formula is C11H12N6. The van der Waals surface area contributed by atoms with Crippen molar-refractivity contribution in [3.05, 3.63) is 30.6 Å². The zero-order chi connectivity index (χ0) is 11.5. The molecule has 6 heteroatoms. The monoisotopic (exact) mass is 228 g/mol. The van der Waals surface area contributed by atoms with Gasteiger partial charge in [0, 0.05) is 18.7 Å². The molecule has 0 saturated heterocycles. The van der Waals surface area contributed by atoms with Crippen LogP contribution in [0.5, 0.6) is 0 Å². The van der Waals surface area contributed by atoms with Gasteiger partial charge in [-0.05, 0) is 41.1 Å². The van der Waals surface area contributed by atoms with Crippen molar-refractivity contribution in [3.63, 3.8) is 0 Å². The van der Waals surface area contributed by atoms with Gasteiger partial charge in [-0.15, -0.1) is 5.10 Å². The second-order valence-electron chi connectivity index (χ2n) is 3.86. The average molecular weight is 228 g/mol. The van der Waals surface area contributed by atoms with Gasteiger partial charge in [-0.2, -0.15) is 0 Å². The van der Waals surface area contributed by atoms with Gasteiger partial charge in [0.25, 0.3) is 0 Å². The number of rotatable bonds is 2. The maximum absolute atomic E-state index is 4.37. The first kappa shape index (κ1) is 9.95. The fraction of sp³-hybridized carbons (Fsp3) is 0.273. The first-order chi connectivity index (χ1) is 8.42. The van der Waals surface area contributed by atoms with E-state index in [1.165, 1.54) is 0 Å². The summed E-state index contributed by atoms with van der Waals surface area (Å²) in [6.45, 7) is 0.936. The van der Waals surface area contributed by atoms with Crippen LogP contribution in [0, 0.1) is 0 Å². The third-order valence-corrected chi connectivity index (χ3v) is 2.64. The lowest BCUT2D eigenvalue weighted by Gasteiger charge is -2.06. The summed E-state index contributed by atoms with van der Waals surface area (Å²) in [7, 11) is 0. The van der Waals surface area contributed by atoms with E-state index in [4.69, 9.17) is 0 Å². The van der Waals surface area contributed by atoms with E-state index in [0.717, 1.165) is 36.6 Å². The number of nitrogens with zero attached hydrogens (tertiary/aromatic N) is 5. The van der Waals surface area contributed by atoms with Gasteiger partial charge in [-0.25, -0.2) is 4.68 Å². The van der Waals surface area contributed by atoms with E-state index in [0.29, 0.717) is 0 Å². The number of benzene rings is 1. The van der Waals surface area contributed by atoms with E-state index < -0.39 is 0 Å². The number of nitrogens with one attached hydrogen (secondary N) is 1. The number of anilines is 1. The molecule has 0 atom stereocenters. The highest BCUT2D eigenvalue weighted by Crippen LogP contribution is 2.14. The Labute approximate surface area is 98.4 Å². The number of aromatic nitrogens is 4. The van der Waals surface area contributed by atoms with Crippen molar-refractivity contribution in [1.82, 2.24) is 20.2 Å². The molecule has 86 valence electrons. The summed E-state index contributed by atoms with van der Waals surface area (Å²) in [6.07, 6.45) is 3.75. The molecule has 0 spiro atoms. The molecule has 17 heavy (non-hydrogen) atoms. The molecule has 0 fully saturated rings. The lowest BCUT2D eigenvalue weighted by Crippen LogP contribution is -2.08. The van der Waals surface area contributed by atoms with Crippen LogP contribution in [0.25, 0.3) is 5.69 Å². The number of hydrogen-bond donors (Lipinski definition) is 1. The van der Waals surface area contributed by atoms with Crippen molar-refractivity contribution in [3.8, 4) is 5.69 Å². The third-order valence-electron chi connectivity index (χ3n) is 2.64. The minimum Gasteiger partial charge on any atom is -0.344 e. The van der Waals surface area contributed by atoms with Crippen LogP contribution in [0.2, 0.25) is 0 Å². The minimum absolute atomic E-state index is 0.936. The number of hydrogen-bond acceptors (Lipinski definition) is 5. The van der Waals surface area contributed by atoms with Crippen molar-refractivity contribution >= 4 is 11.5 Å². The first-order valence-corrected chi connectivity index (χ1v) is 5.55. The van der Waals surface area contributed by atoms with E-state index in [-0.39, 0.29) is 0 Å². The van der Waals surface area contributed by atoms with Crippen molar-refractivity contribution < 1.29 is 0 Å². The number of aliphatic imine (C=N–C) groups is 1. The summed E-state index contributed by atoms with van der Waals surface area (Å²) in [5.41, 5.74) is 1.98. The van der Waals surface area contributed by atoms with Crippen LogP contribution < -0.4 is 5.32 Å². The molecule has 3 rings (SSSR count). The molecule has 1 aliphatic rings. The van der Waals surface area contributed by atoms with Crippen LogP contribution in [0.4, 0.5) is 5.69 Å². The van der Waals surface area contributed by atoms with Gasteiger partial charge in [-0.3, -0.25) is 4.99 Å². The molecule has 2 heterocycles. The predicted molar refractivity (Wildman–Crippen MR) is 64.3 cm³/mol. The van der Waals surface area contributed by atoms with E-state index in [2.05, 4.69) is 25.8 Å². The highest BCUT2D eigenvalue weighted by atomic mass is 15.5. The fourth-order valence-corrected chi connectivity index (χ4v) is 1.79. The Kier molecular flexibility index (Phi) is 2.53. The smallest absolute Gasteiger partial charge is 0.143 e. The largest absolute Gasteiger partial charge is 0.344 e. The second kappa shape index (κ2) is 4.32. The topological polar surface area (TPSA) is 68.0 Å². The normalized spacial score (nSPS) is 14.7. The van der Waals surface area contributed by atoms with Crippen molar-refractivity contribution in [1.29, 1.82) is 0 Å². The van der Waals surface area contributed by atoms with Crippen LogP contribution in [0.1, 0.15) is 12.8 Å². The zero-order valence-electron chi connectivity index (χ0n) is 9.24. The minimum atomic E-state index is 0.936. The Balaban J connectivity index is 1.76. The molecule has 0 bridgehead atoms. The molecule has 1 aromatic carbocycles. The van der Waals surface area contributed by atoms with Crippen LogP contribution >= 0.6 is 0 Å². The summed E-state index contributed by atoms with van der Waals surface area (Å²) in [6, 6.07) is 7.93. The Morgan fingerprint density at radius 1 is 1.18 bits per heavy atom. The molecule has 2 aromatic rings. The van der Waals surface area contributed by atoms with Gasteiger partial charge < -0.3 is 5.32 Å². The summed E-state index contributed by atoms with van der Waals surface area (Å²) in [5.74, 6) is 1.07. The van der Waals surface area contributed by atoms with Crippen molar-refractivity contribution in [2.45, 2.75) is 12.8 Å². The SMILES string of the molecule is c1cc(-n2cnnn2)ccc1NC1=NCCC1. The molecule has 0 saturated carbocycles. The van der Waals surface area contributed by atoms with Gasteiger partial charge in [0.1, 0.15) is 12.2 Å². The maximum Gasteiger partial charge on any atom is 0.143 e. The van der Waals surface area contributed by atoms with Crippen LogP contribution in [0.3, 0.4) is 0 Å². The van der Waals surface area contributed by atoms with Crippen molar-refractivity contribution in [2.24, 2.45) is 4.99 Å². The Morgan fingerprint density at radius 2 is 2.06 bits per heavy atom. The van der Waals surface area contributed by atoms with E-state index >= 15 is 0 Å². The molecule has 1 N–H and O–H groups in total. The first-order valence-electron chi connectivity index (χ1n) is 5.55. The molecule has 1 aromatic heterocycles. The lowest BCUT2D eigenvalue weighted by atomic mass is 10.2. The molecule has 0 amide bonds. The van der Waals surface area contributed by atoms with Crippen LogP contribution in [0.15, 0.2) is 35.6 Å². The van der Waals surface area contributed by atoms with E-state index in [1.807, 2.05) is 24.3 Å². The molecule has 0 aliphatic carbocycles. The third kappa shape index (κ3) is 2.15. The van der Waals surface area contributed by atoms with Gasteiger partial charge in [0.05, 0.1) is 5.69 Å². The Bertz CT molecular complexity index is 513. The molecule has 1 aliphatic heterocycles. The molecular weight excluding hydrogens is 216 g/mol. The highest BCUT2D eigenvalue weighted by Gasteiger charge is 2.06. The number of amidine groups is 1. The summed E-state index contributed by atoms with van der Waals surface area (Å²) in [5, 5.41) is 14.3. The van der Waals surface area contributed by atoms with E-state index in [9.17, 15) is 0 Å². The van der Waals surface area contributed by atoms with Crippen LogP contribution in [-0.4, -0.2) is 32.6 Å². The maximum atomic E-state index is 4.37. The highest BCUT2D eigenvalue weighted by molar-refractivity contribution is 5.96. The molecule has 0 radical (unpaired) electrons. The second-order valence-corrected chi connectivity index (χ2v) is 3.86. The Morgan fingerprint density at radius 3 is 2.71 bits per heavy atom. The standard InChI is InChI=1S/C11H12N6/c1-2-11(12-7-1)14-9-3-5-10(6-4-9)17-8-13-15-16-17/h3-6,8H,1-2,7H2,(H,12,14). The summed E-state index contributed by atoms with van der Waals surface area (Å²) >= 11 is 0. The Hall–Kier alpha value is -2.24. The zero-order valence-corrected chi connectivity index (χ0v) is 9.24. The average Bonchev–Trinajstić information content (AvgIpc) is 3.01. The van der Waals surface area contributed by atoms with Gasteiger partial charge in [0.15, 0.2) is 0 Å². The fourth-order valence-electron chi connectivity index (χ4n) is 1.79. The van der Waals surface area contributed by atoms with E-state index in [1.54, 1.807) is 11.0 Å². The quantitative estimate of drug-likeness (QED) is 0.840. The molecule has 0 unspecified atom stereocenters. The predicted octanol–water partition coefficient (Wildman–Crippen LogP) is 1.27. The van der Waals surface area contributed by atoms with Gasteiger partial charge in [-0.1, -0.05) is 0 Å². The van der Waals surface area contributed by atoms with Crippen molar-refractivity contribution in [2.75, 3.05) is 11.9 Å². The summed E-state index contributed by atoms with van der Waals surface area (Å²) < 4.78 is 1.62. The van der Waals surface area contributed by atoms with Gasteiger partial charge in [0.2, 0.25) is 0 Å². The lowest BCUT2D eigenvalue weighted by molar-refractivity contribution is 0.789.